The van der Waals surface area contributed by atoms with Crippen molar-refractivity contribution in [2.24, 2.45) is 29.6 Å². The van der Waals surface area contributed by atoms with Gasteiger partial charge < -0.3 is 0 Å². The molecule has 1 saturated carbocycles. The zero-order valence-electron chi connectivity index (χ0n) is 12.5. The molecule has 0 aromatic heterocycles. The van der Waals surface area contributed by atoms with Gasteiger partial charge in [-0.2, -0.15) is 0 Å². The van der Waals surface area contributed by atoms with E-state index in [1.165, 1.54) is 19.3 Å². The van der Waals surface area contributed by atoms with E-state index in [-0.39, 0.29) is 0 Å². The molecule has 0 aromatic carbocycles. The van der Waals surface area contributed by atoms with Crippen molar-refractivity contribution in [2.75, 3.05) is 0 Å². The predicted octanol–water partition coefficient (Wildman–Crippen LogP) is 5.30. The summed E-state index contributed by atoms with van der Waals surface area (Å²) in [5.74, 6) is 3.92. The van der Waals surface area contributed by atoms with Gasteiger partial charge in [0.2, 0.25) is 0 Å². The maximum absolute atomic E-state index is 2.43. The topological polar surface area (TPSA) is 0 Å². The molecule has 0 heterocycles. The molecule has 3 aliphatic rings. The van der Waals surface area contributed by atoms with Crippen molar-refractivity contribution in [1.29, 1.82) is 0 Å². The molecule has 102 valence electrons. The molecule has 0 bridgehead atoms. The molecule has 0 saturated heterocycles. The summed E-state index contributed by atoms with van der Waals surface area (Å²) in [5, 5.41) is 0. The lowest BCUT2D eigenvalue weighted by Gasteiger charge is -2.38. The summed E-state index contributed by atoms with van der Waals surface area (Å²) in [4.78, 5) is 0. The van der Waals surface area contributed by atoms with Gasteiger partial charge in [-0.05, 0) is 47.7 Å². The van der Waals surface area contributed by atoms with Gasteiger partial charge in [-0.15, -0.1) is 0 Å². The van der Waals surface area contributed by atoms with Crippen molar-refractivity contribution in [1.82, 2.24) is 0 Å². The molecule has 0 nitrogen and oxygen atoms in total. The second-order valence-electron chi connectivity index (χ2n) is 6.97. The van der Waals surface area contributed by atoms with Crippen LogP contribution < -0.4 is 0 Å². The van der Waals surface area contributed by atoms with E-state index in [4.69, 9.17) is 0 Å². The fourth-order valence-electron chi connectivity index (χ4n) is 4.22. The molecule has 4 atom stereocenters. The summed E-state index contributed by atoms with van der Waals surface area (Å²) in [6, 6.07) is 0. The van der Waals surface area contributed by atoms with Crippen molar-refractivity contribution in [3.05, 3.63) is 47.6 Å². The zero-order chi connectivity index (χ0) is 13.4. The van der Waals surface area contributed by atoms with Gasteiger partial charge in [0.25, 0.3) is 0 Å². The quantitative estimate of drug-likeness (QED) is 0.627. The first-order valence-electron chi connectivity index (χ1n) is 7.94. The number of allylic oxidation sites excluding steroid dienone is 8. The monoisotopic (exact) mass is 254 g/mol. The Morgan fingerprint density at radius 2 is 1.84 bits per heavy atom. The van der Waals surface area contributed by atoms with Crippen LogP contribution in [0.25, 0.3) is 0 Å². The van der Waals surface area contributed by atoms with Crippen LogP contribution in [0.1, 0.15) is 40.0 Å². The highest BCUT2D eigenvalue weighted by molar-refractivity contribution is 5.50. The first kappa shape index (κ1) is 13.0. The number of hydrogen-bond donors (Lipinski definition) is 0. The van der Waals surface area contributed by atoms with E-state index in [2.05, 4.69) is 57.2 Å². The average molecular weight is 254 g/mol. The van der Waals surface area contributed by atoms with Gasteiger partial charge in [0, 0.05) is 5.92 Å². The molecule has 0 aromatic rings. The minimum Gasteiger partial charge on any atom is -0.0732 e. The minimum absolute atomic E-state index is 0.560. The zero-order valence-corrected chi connectivity index (χ0v) is 12.5. The van der Waals surface area contributed by atoms with Crippen molar-refractivity contribution >= 4 is 0 Å². The highest BCUT2D eigenvalue weighted by Crippen LogP contribution is 2.46. The Labute approximate surface area is 118 Å². The van der Waals surface area contributed by atoms with E-state index in [9.17, 15) is 0 Å². The van der Waals surface area contributed by atoms with Crippen molar-refractivity contribution in [2.45, 2.75) is 40.0 Å². The Morgan fingerprint density at radius 3 is 2.63 bits per heavy atom. The predicted molar refractivity (Wildman–Crippen MR) is 82.8 cm³/mol. The molecule has 0 aliphatic heterocycles. The third kappa shape index (κ3) is 2.38. The summed E-state index contributed by atoms with van der Waals surface area (Å²) in [7, 11) is 0. The van der Waals surface area contributed by atoms with Crippen LogP contribution in [0, 0.1) is 29.6 Å². The lowest BCUT2D eigenvalue weighted by molar-refractivity contribution is 0.172. The van der Waals surface area contributed by atoms with Crippen molar-refractivity contribution < 1.29 is 0 Å². The van der Waals surface area contributed by atoms with E-state index in [1.807, 2.05) is 0 Å². The molecule has 0 spiro atoms. The number of hydrogen-bond acceptors (Lipinski definition) is 0. The molecule has 0 heteroatoms. The number of fused-ring (bicyclic) bond motifs is 1. The van der Waals surface area contributed by atoms with E-state index in [0.29, 0.717) is 5.92 Å². The van der Waals surface area contributed by atoms with Crippen LogP contribution in [-0.4, -0.2) is 0 Å². The molecular weight excluding hydrogens is 228 g/mol. The molecule has 0 radical (unpaired) electrons. The molecule has 2 unspecified atom stereocenters. The minimum atomic E-state index is 0.560. The summed E-state index contributed by atoms with van der Waals surface area (Å²) in [5.41, 5.74) is 3.23. The lowest BCUT2D eigenvalue weighted by Crippen LogP contribution is -2.29. The Kier molecular flexibility index (Phi) is 3.52. The normalized spacial score (nSPS) is 37.3. The molecule has 3 aliphatic carbocycles. The Balaban J connectivity index is 1.92. The van der Waals surface area contributed by atoms with Gasteiger partial charge in [-0.25, -0.2) is 0 Å². The fourth-order valence-corrected chi connectivity index (χ4v) is 4.22. The van der Waals surface area contributed by atoms with Gasteiger partial charge in [0.1, 0.15) is 0 Å². The van der Waals surface area contributed by atoms with Gasteiger partial charge in [0.05, 0.1) is 0 Å². The third-order valence-corrected chi connectivity index (χ3v) is 5.30. The Bertz CT molecular complexity index is 458. The SMILES string of the molecule is CC1CC[C@H](C(C)C)[C@H](C2=C3C=CC=CC3C=C2)C1. The molecule has 19 heavy (non-hydrogen) atoms. The largest absolute Gasteiger partial charge is 0.0732 e. The second kappa shape index (κ2) is 5.15. The molecular formula is C19H26. The Hall–Kier alpha value is -1.04. The first-order chi connectivity index (χ1) is 9.16. The smallest absolute Gasteiger partial charge is 0.0207 e. The van der Waals surface area contributed by atoms with Crippen LogP contribution in [-0.2, 0) is 0 Å². The van der Waals surface area contributed by atoms with Crippen LogP contribution in [0.5, 0.6) is 0 Å². The summed E-state index contributed by atoms with van der Waals surface area (Å²) >= 11 is 0. The maximum Gasteiger partial charge on any atom is 0.0207 e. The first-order valence-corrected chi connectivity index (χ1v) is 7.94. The van der Waals surface area contributed by atoms with Crippen LogP contribution in [0.4, 0.5) is 0 Å². The molecule has 0 amide bonds. The summed E-state index contributed by atoms with van der Waals surface area (Å²) in [6.45, 7) is 7.25. The molecule has 3 rings (SSSR count). The highest BCUT2D eigenvalue weighted by atomic mass is 14.4. The van der Waals surface area contributed by atoms with Gasteiger partial charge in [0.15, 0.2) is 0 Å². The van der Waals surface area contributed by atoms with Gasteiger partial charge in [-0.1, -0.05) is 63.6 Å². The van der Waals surface area contributed by atoms with Crippen LogP contribution in [0.15, 0.2) is 47.6 Å². The van der Waals surface area contributed by atoms with Crippen LogP contribution >= 0.6 is 0 Å². The molecule has 1 fully saturated rings. The summed E-state index contributed by atoms with van der Waals surface area (Å²) in [6.07, 6.45) is 18.1. The van der Waals surface area contributed by atoms with Crippen LogP contribution in [0.2, 0.25) is 0 Å². The molecule has 0 N–H and O–H groups in total. The van der Waals surface area contributed by atoms with Crippen LogP contribution in [0.3, 0.4) is 0 Å². The van der Waals surface area contributed by atoms with Crippen molar-refractivity contribution in [3.8, 4) is 0 Å². The fraction of sp³-hybridized carbons (Fsp3) is 0.579. The van der Waals surface area contributed by atoms with E-state index in [1.54, 1.807) is 11.1 Å². The standard InChI is InChI=1S/C19H26/c1-13(2)16-10-8-14(3)12-19(16)18-11-9-15-6-4-5-7-17(15)18/h4-7,9,11,13-16,19H,8,10,12H2,1-3H3/t14?,15?,16-,19-/m1/s1. The third-order valence-electron chi connectivity index (χ3n) is 5.30. The average Bonchev–Trinajstić information content (AvgIpc) is 2.82. The second-order valence-corrected chi connectivity index (χ2v) is 6.97. The van der Waals surface area contributed by atoms with E-state index < -0.39 is 0 Å². The number of rotatable bonds is 2. The lowest BCUT2D eigenvalue weighted by atomic mass is 9.66. The van der Waals surface area contributed by atoms with Gasteiger partial charge >= 0.3 is 0 Å². The van der Waals surface area contributed by atoms with E-state index in [0.717, 1.165) is 23.7 Å². The van der Waals surface area contributed by atoms with E-state index >= 15 is 0 Å². The Morgan fingerprint density at radius 1 is 1.00 bits per heavy atom. The maximum atomic E-state index is 2.43. The summed E-state index contributed by atoms with van der Waals surface area (Å²) < 4.78 is 0. The highest BCUT2D eigenvalue weighted by Gasteiger charge is 2.35. The van der Waals surface area contributed by atoms with Crippen molar-refractivity contribution in [3.63, 3.8) is 0 Å². The van der Waals surface area contributed by atoms with Gasteiger partial charge in [-0.3, -0.25) is 0 Å².